The second-order valence-corrected chi connectivity index (χ2v) is 4.85. The summed E-state index contributed by atoms with van der Waals surface area (Å²) < 4.78 is 0.573. The molecule has 0 unspecified atom stereocenters. The SMILES string of the molecule is O=C1CC2=C3C(=CNC(=O)N3CC2)C=C1Br. The third-order valence-corrected chi connectivity index (χ3v) is 3.71. The van der Waals surface area contributed by atoms with Gasteiger partial charge in [0.1, 0.15) is 0 Å². The molecule has 0 aromatic heterocycles. The number of halogens is 1. The minimum Gasteiger partial charge on any atom is -0.314 e. The number of hydrogen-bond acceptors (Lipinski definition) is 2. The second kappa shape index (κ2) is 3.31. The predicted octanol–water partition coefficient (Wildman–Crippen LogP) is 1.80. The van der Waals surface area contributed by atoms with E-state index >= 15 is 0 Å². The van der Waals surface area contributed by atoms with E-state index < -0.39 is 0 Å². The summed E-state index contributed by atoms with van der Waals surface area (Å²) in [6, 6.07) is -0.104. The lowest BCUT2D eigenvalue weighted by Gasteiger charge is -2.25. The van der Waals surface area contributed by atoms with Crippen molar-refractivity contribution in [3.05, 3.63) is 33.6 Å². The molecule has 0 aromatic rings. The zero-order chi connectivity index (χ0) is 11.3. The molecule has 4 nitrogen and oxygen atoms in total. The van der Waals surface area contributed by atoms with Gasteiger partial charge < -0.3 is 5.32 Å². The maximum absolute atomic E-state index is 11.7. The van der Waals surface area contributed by atoms with E-state index in [1.165, 1.54) is 0 Å². The van der Waals surface area contributed by atoms with Crippen LogP contribution in [0.25, 0.3) is 0 Å². The number of nitrogens with one attached hydrogen (secondary N) is 1. The first kappa shape index (κ1) is 9.84. The molecule has 1 aliphatic carbocycles. The Hall–Kier alpha value is -1.36. The molecule has 3 rings (SSSR count). The first-order valence-electron chi connectivity index (χ1n) is 5.08. The lowest BCUT2D eigenvalue weighted by Crippen LogP contribution is -2.39. The van der Waals surface area contributed by atoms with Gasteiger partial charge in [-0.05, 0) is 34.0 Å². The van der Waals surface area contributed by atoms with Crippen molar-refractivity contribution in [1.29, 1.82) is 0 Å². The van der Waals surface area contributed by atoms with Crippen LogP contribution in [0.15, 0.2) is 33.6 Å². The Labute approximate surface area is 101 Å². The number of carbonyl (C=O) groups excluding carboxylic acids is 2. The summed E-state index contributed by atoms with van der Waals surface area (Å²) in [5, 5.41) is 2.69. The molecular formula is C11H9BrN2O2. The molecule has 0 bridgehead atoms. The smallest absolute Gasteiger partial charge is 0.314 e. The summed E-state index contributed by atoms with van der Waals surface area (Å²) in [5.74, 6) is 0.0760. The van der Waals surface area contributed by atoms with Gasteiger partial charge in [-0.2, -0.15) is 0 Å². The van der Waals surface area contributed by atoms with Crippen LogP contribution < -0.4 is 5.32 Å². The molecule has 0 saturated heterocycles. The number of hydrogen-bond donors (Lipinski definition) is 1. The summed E-state index contributed by atoms with van der Waals surface area (Å²) >= 11 is 3.27. The lowest BCUT2D eigenvalue weighted by atomic mass is 10.1. The highest BCUT2D eigenvalue weighted by Gasteiger charge is 2.34. The van der Waals surface area contributed by atoms with Gasteiger partial charge in [-0.3, -0.25) is 9.69 Å². The van der Waals surface area contributed by atoms with Crippen molar-refractivity contribution in [2.75, 3.05) is 6.54 Å². The minimum absolute atomic E-state index is 0.0760. The molecular weight excluding hydrogens is 272 g/mol. The summed E-state index contributed by atoms with van der Waals surface area (Å²) in [6.45, 7) is 0.673. The first-order chi connectivity index (χ1) is 7.66. The molecule has 0 fully saturated rings. The standard InChI is InChI=1S/C11H9BrN2O2/c12-8-3-7-5-13-11(16)14-2-1-6(10(7)14)4-9(8)15/h3,5H,1-2,4H2,(H,13,16). The van der Waals surface area contributed by atoms with Crippen molar-refractivity contribution in [3.63, 3.8) is 0 Å². The van der Waals surface area contributed by atoms with Gasteiger partial charge in [-0.25, -0.2) is 4.79 Å². The molecule has 5 heteroatoms. The molecule has 2 heterocycles. The third-order valence-electron chi connectivity index (χ3n) is 3.03. The molecule has 82 valence electrons. The average molecular weight is 281 g/mol. The highest BCUT2D eigenvalue weighted by atomic mass is 79.9. The molecule has 16 heavy (non-hydrogen) atoms. The zero-order valence-corrected chi connectivity index (χ0v) is 10.0. The van der Waals surface area contributed by atoms with Gasteiger partial charge in [-0.1, -0.05) is 0 Å². The van der Waals surface area contributed by atoms with Crippen LogP contribution in [0.4, 0.5) is 4.79 Å². The van der Waals surface area contributed by atoms with Crippen LogP contribution in [0.2, 0.25) is 0 Å². The maximum Gasteiger partial charge on any atom is 0.325 e. The molecule has 1 N–H and O–H groups in total. The van der Waals surface area contributed by atoms with Crippen molar-refractivity contribution < 1.29 is 9.59 Å². The van der Waals surface area contributed by atoms with Crippen molar-refractivity contribution >= 4 is 27.7 Å². The van der Waals surface area contributed by atoms with Crippen LogP contribution in [0.5, 0.6) is 0 Å². The van der Waals surface area contributed by atoms with E-state index in [-0.39, 0.29) is 11.8 Å². The normalized spacial score (nSPS) is 23.7. The van der Waals surface area contributed by atoms with Crippen molar-refractivity contribution in [2.24, 2.45) is 0 Å². The number of allylic oxidation sites excluding steroid dienone is 2. The van der Waals surface area contributed by atoms with Crippen LogP contribution in [0, 0.1) is 0 Å². The fourth-order valence-corrected chi connectivity index (χ4v) is 2.68. The molecule has 2 aliphatic heterocycles. The van der Waals surface area contributed by atoms with Crippen molar-refractivity contribution in [2.45, 2.75) is 12.8 Å². The first-order valence-corrected chi connectivity index (χ1v) is 5.87. The quantitative estimate of drug-likeness (QED) is 0.736. The van der Waals surface area contributed by atoms with Gasteiger partial charge >= 0.3 is 6.03 Å². The molecule has 0 saturated carbocycles. The van der Waals surface area contributed by atoms with E-state index in [0.29, 0.717) is 17.4 Å². The van der Waals surface area contributed by atoms with Gasteiger partial charge in [0.25, 0.3) is 0 Å². The number of amides is 2. The molecule has 0 spiro atoms. The number of urea groups is 1. The minimum atomic E-state index is -0.104. The molecule has 2 amide bonds. The molecule has 0 aromatic carbocycles. The van der Waals surface area contributed by atoms with Gasteiger partial charge in [0.05, 0.1) is 10.2 Å². The molecule has 0 atom stereocenters. The largest absolute Gasteiger partial charge is 0.325 e. The van der Waals surface area contributed by atoms with Crippen LogP contribution in [0.3, 0.4) is 0 Å². The number of Topliss-reactive ketones (excluding diaryl/α,β-unsaturated/α-hetero) is 1. The highest BCUT2D eigenvalue weighted by Crippen LogP contribution is 2.37. The lowest BCUT2D eigenvalue weighted by molar-refractivity contribution is -0.114. The maximum atomic E-state index is 11.7. The fraction of sp³-hybridized carbons (Fsp3) is 0.273. The van der Waals surface area contributed by atoms with E-state index in [9.17, 15) is 9.59 Å². The summed E-state index contributed by atoms with van der Waals surface area (Å²) in [7, 11) is 0. The van der Waals surface area contributed by atoms with Gasteiger partial charge in [0.15, 0.2) is 5.78 Å². The van der Waals surface area contributed by atoms with Crippen molar-refractivity contribution in [3.8, 4) is 0 Å². The Morgan fingerprint density at radius 3 is 3.00 bits per heavy atom. The number of carbonyl (C=O) groups is 2. The Bertz CT molecular complexity index is 502. The highest BCUT2D eigenvalue weighted by molar-refractivity contribution is 9.12. The predicted molar refractivity (Wildman–Crippen MR) is 61.6 cm³/mol. The zero-order valence-electron chi connectivity index (χ0n) is 8.42. The van der Waals surface area contributed by atoms with Gasteiger partial charge in [-0.15, -0.1) is 0 Å². The monoisotopic (exact) mass is 280 g/mol. The molecule has 3 aliphatic rings. The van der Waals surface area contributed by atoms with E-state index in [1.54, 1.807) is 17.2 Å². The topological polar surface area (TPSA) is 49.4 Å². The Balaban J connectivity index is 2.18. The van der Waals surface area contributed by atoms with E-state index in [1.807, 2.05) is 0 Å². The van der Waals surface area contributed by atoms with Crippen LogP contribution in [-0.4, -0.2) is 23.3 Å². The fourth-order valence-electron chi connectivity index (χ4n) is 2.29. The van der Waals surface area contributed by atoms with Crippen LogP contribution >= 0.6 is 15.9 Å². The van der Waals surface area contributed by atoms with Crippen molar-refractivity contribution in [1.82, 2.24) is 10.2 Å². The number of ketones is 1. The number of nitrogens with zero attached hydrogens (tertiary/aromatic N) is 1. The Kier molecular flexibility index (Phi) is 2.04. The Morgan fingerprint density at radius 1 is 1.38 bits per heavy atom. The third kappa shape index (κ3) is 1.28. The van der Waals surface area contributed by atoms with Crippen LogP contribution in [0.1, 0.15) is 12.8 Å². The average Bonchev–Trinajstić information content (AvgIpc) is 2.62. The summed E-state index contributed by atoms with van der Waals surface area (Å²) in [5.41, 5.74) is 2.90. The van der Waals surface area contributed by atoms with E-state index in [0.717, 1.165) is 23.3 Å². The van der Waals surface area contributed by atoms with Crippen LogP contribution in [-0.2, 0) is 4.79 Å². The molecule has 0 radical (unpaired) electrons. The summed E-state index contributed by atoms with van der Waals surface area (Å²) in [6.07, 6.45) is 4.65. The van der Waals surface area contributed by atoms with E-state index in [2.05, 4.69) is 21.2 Å². The summed E-state index contributed by atoms with van der Waals surface area (Å²) in [4.78, 5) is 25.0. The van der Waals surface area contributed by atoms with Gasteiger partial charge in [0, 0.05) is 24.7 Å². The van der Waals surface area contributed by atoms with Gasteiger partial charge in [0.2, 0.25) is 0 Å². The van der Waals surface area contributed by atoms with E-state index in [4.69, 9.17) is 0 Å². The Morgan fingerprint density at radius 2 is 2.19 bits per heavy atom. The number of rotatable bonds is 0. The second-order valence-electron chi connectivity index (χ2n) is 4.00.